The molecule has 2 N–H and O–H groups in total. The van der Waals surface area contributed by atoms with Crippen molar-refractivity contribution in [1.82, 2.24) is 15.5 Å². The van der Waals surface area contributed by atoms with Crippen molar-refractivity contribution in [2.24, 2.45) is 5.41 Å². The largest absolute Gasteiger partial charge is 0.375 e. The third kappa shape index (κ3) is 4.94. The first kappa shape index (κ1) is 18.6. The summed E-state index contributed by atoms with van der Waals surface area (Å²) in [6, 6.07) is 7.61. The maximum absolute atomic E-state index is 12.5. The lowest BCUT2D eigenvalue weighted by atomic mass is 9.77. The summed E-state index contributed by atoms with van der Waals surface area (Å²) in [7, 11) is 2.07. The first-order valence-corrected chi connectivity index (χ1v) is 9.47. The van der Waals surface area contributed by atoms with Gasteiger partial charge in [-0.1, -0.05) is 23.7 Å². The minimum atomic E-state index is -0.00522. The molecule has 6 heteroatoms. The van der Waals surface area contributed by atoms with E-state index >= 15 is 0 Å². The summed E-state index contributed by atoms with van der Waals surface area (Å²) in [6.45, 7) is 4.76. The number of carbonyl (C=O) groups excluding carboxylic acids is 1. The Morgan fingerprint density at radius 2 is 2.08 bits per heavy atom. The maximum Gasteiger partial charge on any atom is 0.237 e. The number of halogens is 1. The third-order valence-corrected chi connectivity index (χ3v) is 5.69. The average Bonchev–Trinajstić information content (AvgIpc) is 2.92. The van der Waals surface area contributed by atoms with Crippen LogP contribution in [0, 0.1) is 5.41 Å². The maximum atomic E-state index is 12.5. The van der Waals surface area contributed by atoms with E-state index in [2.05, 4.69) is 22.6 Å². The minimum absolute atomic E-state index is 0.00522. The van der Waals surface area contributed by atoms with Crippen LogP contribution in [0.4, 0.5) is 0 Å². The van der Waals surface area contributed by atoms with Crippen LogP contribution in [0.3, 0.4) is 0 Å². The van der Waals surface area contributed by atoms with Gasteiger partial charge in [-0.15, -0.1) is 0 Å². The number of ether oxygens (including phenoxy) is 1. The number of hydrogen-bond acceptors (Lipinski definition) is 4. The van der Waals surface area contributed by atoms with E-state index in [4.69, 9.17) is 16.3 Å². The van der Waals surface area contributed by atoms with Gasteiger partial charge in [-0.05, 0) is 62.5 Å². The first-order valence-electron chi connectivity index (χ1n) is 9.09. The van der Waals surface area contributed by atoms with Gasteiger partial charge < -0.3 is 15.4 Å². The molecule has 0 bridgehead atoms. The summed E-state index contributed by atoms with van der Waals surface area (Å²) in [5.74, 6) is 0.132. The summed E-state index contributed by atoms with van der Waals surface area (Å²) in [5, 5.41) is 7.17. The molecule has 2 heterocycles. The molecule has 5 nitrogen and oxygen atoms in total. The van der Waals surface area contributed by atoms with Crippen molar-refractivity contribution in [2.45, 2.75) is 31.9 Å². The second kappa shape index (κ2) is 8.49. The molecule has 25 heavy (non-hydrogen) atoms. The molecule has 0 unspecified atom stereocenters. The van der Waals surface area contributed by atoms with Crippen molar-refractivity contribution in [1.29, 1.82) is 0 Å². The number of carbonyl (C=O) groups is 1. The molecule has 1 aromatic carbocycles. The second-order valence-corrected chi connectivity index (χ2v) is 7.79. The molecule has 1 spiro atoms. The van der Waals surface area contributed by atoms with E-state index in [1.807, 2.05) is 24.3 Å². The molecule has 0 aromatic heterocycles. The van der Waals surface area contributed by atoms with Crippen LogP contribution in [0.15, 0.2) is 24.3 Å². The highest BCUT2D eigenvalue weighted by molar-refractivity contribution is 6.30. The molecule has 0 aliphatic carbocycles. The highest BCUT2D eigenvalue weighted by Gasteiger charge is 2.45. The lowest BCUT2D eigenvalue weighted by Gasteiger charge is -2.33. The number of hydrogen-bond donors (Lipinski definition) is 2. The van der Waals surface area contributed by atoms with Gasteiger partial charge in [0.25, 0.3) is 0 Å². The zero-order chi connectivity index (χ0) is 17.7. The SMILES string of the molecule is CN1CC2(CCNCC2)C[C@@H]1C(=O)NCCOCc1ccc(Cl)cc1. The summed E-state index contributed by atoms with van der Waals surface area (Å²) >= 11 is 5.86. The molecule has 2 fully saturated rings. The van der Waals surface area contributed by atoms with Gasteiger partial charge in [0.05, 0.1) is 19.3 Å². The number of amides is 1. The average molecular weight is 366 g/mol. The quantitative estimate of drug-likeness (QED) is 0.757. The van der Waals surface area contributed by atoms with Gasteiger partial charge in [0.2, 0.25) is 5.91 Å². The van der Waals surface area contributed by atoms with E-state index in [0.29, 0.717) is 25.2 Å². The highest BCUT2D eigenvalue weighted by atomic mass is 35.5. The Balaban J connectivity index is 1.37. The van der Waals surface area contributed by atoms with Crippen LogP contribution in [0.1, 0.15) is 24.8 Å². The molecule has 2 aliphatic heterocycles. The Bertz CT molecular complexity index is 573. The third-order valence-electron chi connectivity index (χ3n) is 5.44. The number of piperidine rings is 1. The second-order valence-electron chi connectivity index (χ2n) is 7.36. The standard InChI is InChI=1S/C19H28ClN3O2/c1-23-14-19(6-8-21-9-7-19)12-17(23)18(24)22-10-11-25-13-15-2-4-16(20)5-3-15/h2-5,17,21H,6-14H2,1H3,(H,22,24)/t17-/m1/s1. The van der Waals surface area contributed by atoms with Crippen LogP contribution in [-0.2, 0) is 16.1 Å². The van der Waals surface area contributed by atoms with Crippen LogP contribution >= 0.6 is 11.6 Å². The topological polar surface area (TPSA) is 53.6 Å². The Morgan fingerprint density at radius 1 is 1.36 bits per heavy atom. The van der Waals surface area contributed by atoms with Gasteiger partial charge in [-0.25, -0.2) is 0 Å². The molecule has 3 rings (SSSR count). The van der Waals surface area contributed by atoms with Crippen molar-refractivity contribution < 1.29 is 9.53 Å². The van der Waals surface area contributed by atoms with E-state index < -0.39 is 0 Å². The Hall–Kier alpha value is -1.14. The molecule has 2 saturated heterocycles. The van der Waals surface area contributed by atoms with Crippen LogP contribution in [0.2, 0.25) is 5.02 Å². The zero-order valence-corrected chi connectivity index (χ0v) is 15.6. The van der Waals surface area contributed by atoms with Gasteiger partial charge in [0, 0.05) is 18.1 Å². The number of nitrogens with one attached hydrogen (secondary N) is 2. The normalized spacial score (nSPS) is 23.0. The van der Waals surface area contributed by atoms with Crippen molar-refractivity contribution in [3.05, 3.63) is 34.9 Å². The predicted octanol–water partition coefficient (Wildman–Crippen LogP) is 2.05. The first-order chi connectivity index (χ1) is 12.1. The molecule has 1 amide bonds. The number of nitrogens with zero attached hydrogens (tertiary/aromatic N) is 1. The fraction of sp³-hybridized carbons (Fsp3) is 0.632. The molecule has 1 aromatic rings. The van der Waals surface area contributed by atoms with Gasteiger partial charge in [0.15, 0.2) is 0 Å². The smallest absolute Gasteiger partial charge is 0.237 e. The van der Waals surface area contributed by atoms with E-state index in [-0.39, 0.29) is 11.9 Å². The van der Waals surface area contributed by atoms with Crippen molar-refractivity contribution in [3.8, 4) is 0 Å². The molecule has 0 saturated carbocycles. The Kier molecular flexibility index (Phi) is 6.34. The summed E-state index contributed by atoms with van der Waals surface area (Å²) in [4.78, 5) is 14.7. The van der Waals surface area contributed by atoms with Gasteiger partial charge >= 0.3 is 0 Å². The molecule has 0 radical (unpaired) electrons. The molecule has 138 valence electrons. The van der Waals surface area contributed by atoms with Crippen LogP contribution in [0.5, 0.6) is 0 Å². The van der Waals surface area contributed by atoms with E-state index in [0.717, 1.165) is 36.6 Å². The summed E-state index contributed by atoms with van der Waals surface area (Å²) in [5.41, 5.74) is 1.41. The Morgan fingerprint density at radius 3 is 2.80 bits per heavy atom. The van der Waals surface area contributed by atoms with Crippen molar-refractivity contribution in [2.75, 3.05) is 39.8 Å². The van der Waals surface area contributed by atoms with Gasteiger partial charge in [0.1, 0.15) is 0 Å². The molecule has 2 aliphatic rings. The van der Waals surface area contributed by atoms with Crippen molar-refractivity contribution in [3.63, 3.8) is 0 Å². The number of rotatable bonds is 6. The Labute approximate surface area is 155 Å². The molecular formula is C19H28ClN3O2. The van der Waals surface area contributed by atoms with Gasteiger partial charge in [-0.3, -0.25) is 9.69 Å². The number of benzene rings is 1. The van der Waals surface area contributed by atoms with Gasteiger partial charge in [-0.2, -0.15) is 0 Å². The molecule has 1 atom stereocenters. The number of likely N-dealkylation sites (tertiary alicyclic amines) is 1. The monoisotopic (exact) mass is 365 g/mol. The lowest BCUT2D eigenvalue weighted by molar-refractivity contribution is -0.125. The van der Waals surface area contributed by atoms with E-state index in [1.165, 1.54) is 12.8 Å². The van der Waals surface area contributed by atoms with Crippen LogP contribution in [-0.4, -0.2) is 56.7 Å². The minimum Gasteiger partial charge on any atom is -0.375 e. The summed E-state index contributed by atoms with van der Waals surface area (Å²) < 4.78 is 5.63. The number of likely N-dealkylation sites (N-methyl/N-ethyl adjacent to an activating group) is 1. The van der Waals surface area contributed by atoms with E-state index in [9.17, 15) is 4.79 Å². The van der Waals surface area contributed by atoms with Crippen molar-refractivity contribution >= 4 is 17.5 Å². The van der Waals surface area contributed by atoms with E-state index in [1.54, 1.807) is 0 Å². The highest BCUT2D eigenvalue weighted by Crippen LogP contribution is 2.41. The lowest BCUT2D eigenvalue weighted by Crippen LogP contribution is -2.42. The predicted molar refractivity (Wildman–Crippen MR) is 99.7 cm³/mol. The van der Waals surface area contributed by atoms with Crippen LogP contribution < -0.4 is 10.6 Å². The molecular weight excluding hydrogens is 338 g/mol. The fourth-order valence-corrected chi connectivity index (χ4v) is 4.14. The summed E-state index contributed by atoms with van der Waals surface area (Å²) in [6.07, 6.45) is 3.32. The zero-order valence-electron chi connectivity index (χ0n) is 14.9. The fourth-order valence-electron chi connectivity index (χ4n) is 4.02. The van der Waals surface area contributed by atoms with Crippen LogP contribution in [0.25, 0.3) is 0 Å².